The normalized spacial score (nSPS) is 14.8. The highest BCUT2D eigenvalue weighted by Gasteiger charge is 2.34. The first-order valence-electron chi connectivity index (χ1n) is 7.87. The van der Waals surface area contributed by atoms with Crippen molar-refractivity contribution in [1.82, 2.24) is 0 Å². The summed E-state index contributed by atoms with van der Waals surface area (Å²) >= 11 is 0. The summed E-state index contributed by atoms with van der Waals surface area (Å²) < 4.78 is 0. The standard InChI is InChI=1S/C20H17NO3/c1-2-12-21-17(13-8-4-3-5-9-13)16-18(22)14-10-6-7-11-15(14)19(23)20(16)24/h3-11,24H,2,12H2,1H3. The quantitative estimate of drug-likeness (QED) is 0.872. The van der Waals surface area contributed by atoms with Crippen LogP contribution in [0.3, 0.4) is 0 Å². The fourth-order valence-corrected chi connectivity index (χ4v) is 2.72. The van der Waals surface area contributed by atoms with Gasteiger partial charge in [0.05, 0.1) is 11.3 Å². The Hall–Kier alpha value is -3.01. The summed E-state index contributed by atoms with van der Waals surface area (Å²) in [5, 5.41) is 10.4. The van der Waals surface area contributed by atoms with Crippen molar-refractivity contribution in [3.05, 3.63) is 82.6 Å². The van der Waals surface area contributed by atoms with Crippen molar-refractivity contribution >= 4 is 17.3 Å². The third kappa shape index (κ3) is 2.67. The van der Waals surface area contributed by atoms with Crippen molar-refractivity contribution in [1.29, 1.82) is 0 Å². The van der Waals surface area contributed by atoms with E-state index in [1.807, 2.05) is 37.3 Å². The maximum atomic E-state index is 12.9. The monoisotopic (exact) mass is 319 g/mol. The van der Waals surface area contributed by atoms with Crippen LogP contribution in [0.5, 0.6) is 0 Å². The average Bonchev–Trinajstić information content (AvgIpc) is 2.63. The van der Waals surface area contributed by atoms with Crippen LogP contribution in [-0.2, 0) is 0 Å². The van der Waals surface area contributed by atoms with Crippen molar-refractivity contribution in [3.63, 3.8) is 0 Å². The van der Waals surface area contributed by atoms with Crippen LogP contribution >= 0.6 is 0 Å². The maximum absolute atomic E-state index is 12.9. The van der Waals surface area contributed by atoms with Gasteiger partial charge >= 0.3 is 0 Å². The van der Waals surface area contributed by atoms with Gasteiger partial charge in [-0.25, -0.2) is 0 Å². The van der Waals surface area contributed by atoms with Gasteiger partial charge in [-0.1, -0.05) is 61.5 Å². The number of fused-ring (bicyclic) bond motifs is 1. The van der Waals surface area contributed by atoms with Gasteiger partial charge in [-0.05, 0) is 6.42 Å². The predicted octanol–water partition coefficient (Wildman–Crippen LogP) is 3.78. The molecular formula is C20H17NO3. The topological polar surface area (TPSA) is 66.7 Å². The molecule has 3 rings (SSSR count). The minimum absolute atomic E-state index is 0.0154. The molecular weight excluding hydrogens is 302 g/mol. The largest absolute Gasteiger partial charge is 0.504 e. The third-order valence-corrected chi connectivity index (χ3v) is 3.87. The number of aliphatic hydroxyl groups is 1. The number of hydrogen-bond acceptors (Lipinski definition) is 4. The molecule has 4 nitrogen and oxygen atoms in total. The lowest BCUT2D eigenvalue weighted by atomic mass is 9.84. The molecule has 0 bridgehead atoms. The molecule has 0 heterocycles. The molecule has 24 heavy (non-hydrogen) atoms. The number of hydrogen-bond donors (Lipinski definition) is 1. The summed E-state index contributed by atoms with van der Waals surface area (Å²) in [6.07, 6.45) is 0.795. The van der Waals surface area contributed by atoms with Crippen LogP contribution < -0.4 is 0 Å². The Morgan fingerprint density at radius 1 is 0.917 bits per heavy atom. The highest BCUT2D eigenvalue weighted by molar-refractivity contribution is 6.40. The summed E-state index contributed by atoms with van der Waals surface area (Å²) in [4.78, 5) is 29.8. The summed E-state index contributed by atoms with van der Waals surface area (Å²) in [5.41, 5.74) is 1.58. The summed E-state index contributed by atoms with van der Waals surface area (Å²) in [7, 11) is 0. The maximum Gasteiger partial charge on any atom is 0.228 e. The molecule has 4 heteroatoms. The Kier molecular flexibility index (Phi) is 4.38. The number of aliphatic hydroxyl groups excluding tert-OH is 1. The lowest BCUT2D eigenvalue weighted by molar-refractivity contribution is 0.0934. The molecule has 2 aromatic rings. The van der Waals surface area contributed by atoms with E-state index in [0.29, 0.717) is 23.4 Å². The molecule has 0 atom stereocenters. The van der Waals surface area contributed by atoms with Gasteiger partial charge in [0.1, 0.15) is 0 Å². The van der Waals surface area contributed by atoms with Crippen LogP contribution in [0.1, 0.15) is 39.6 Å². The average molecular weight is 319 g/mol. The van der Waals surface area contributed by atoms with Crippen LogP contribution in [0, 0.1) is 0 Å². The van der Waals surface area contributed by atoms with E-state index in [0.717, 1.165) is 6.42 Å². The minimum Gasteiger partial charge on any atom is -0.504 e. The lowest BCUT2D eigenvalue weighted by Gasteiger charge is -2.19. The first-order valence-corrected chi connectivity index (χ1v) is 7.87. The highest BCUT2D eigenvalue weighted by Crippen LogP contribution is 2.27. The zero-order chi connectivity index (χ0) is 17.1. The van der Waals surface area contributed by atoms with Gasteiger partial charge < -0.3 is 5.11 Å². The van der Waals surface area contributed by atoms with Crippen molar-refractivity contribution < 1.29 is 14.7 Å². The van der Waals surface area contributed by atoms with Crippen molar-refractivity contribution in [2.24, 2.45) is 4.99 Å². The van der Waals surface area contributed by atoms with Crippen LogP contribution in [-0.4, -0.2) is 28.9 Å². The molecule has 2 aromatic carbocycles. The Bertz CT molecular complexity index is 863. The molecule has 0 saturated heterocycles. The van der Waals surface area contributed by atoms with Crippen LogP contribution in [0.2, 0.25) is 0 Å². The molecule has 0 aromatic heterocycles. The van der Waals surface area contributed by atoms with Gasteiger partial charge in [0.2, 0.25) is 5.78 Å². The molecule has 120 valence electrons. The van der Waals surface area contributed by atoms with Crippen molar-refractivity contribution in [3.8, 4) is 0 Å². The Labute approximate surface area is 140 Å². The summed E-state index contributed by atoms with van der Waals surface area (Å²) in [5.74, 6) is -1.45. The first kappa shape index (κ1) is 15.9. The zero-order valence-electron chi connectivity index (χ0n) is 13.3. The fourth-order valence-electron chi connectivity index (χ4n) is 2.72. The van der Waals surface area contributed by atoms with E-state index >= 15 is 0 Å². The second-order valence-corrected chi connectivity index (χ2v) is 5.52. The van der Waals surface area contributed by atoms with E-state index in [4.69, 9.17) is 0 Å². The Morgan fingerprint density at radius 3 is 2.12 bits per heavy atom. The van der Waals surface area contributed by atoms with Crippen molar-refractivity contribution in [2.45, 2.75) is 13.3 Å². The number of ketones is 2. The van der Waals surface area contributed by atoms with Crippen LogP contribution in [0.25, 0.3) is 0 Å². The molecule has 0 unspecified atom stereocenters. The van der Waals surface area contributed by atoms with Crippen molar-refractivity contribution in [2.75, 3.05) is 6.54 Å². The van der Waals surface area contributed by atoms with Crippen LogP contribution in [0.4, 0.5) is 0 Å². The van der Waals surface area contributed by atoms with Crippen LogP contribution in [0.15, 0.2) is 70.9 Å². The molecule has 1 aliphatic rings. The number of carbonyl (C=O) groups is 2. The molecule has 0 amide bonds. The van der Waals surface area contributed by atoms with E-state index in [-0.39, 0.29) is 16.9 Å². The number of benzene rings is 2. The zero-order valence-corrected chi connectivity index (χ0v) is 13.3. The number of Topliss-reactive ketones (excluding diaryl/α,β-unsaturated/α-hetero) is 2. The second kappa shape index (κ2) is 6.62. The fraction of sp³-hybridized carbons (Fsp3) is 0.150. The van der Waals surface area contributed by atoms with E-state index < -0.39 is 11.5 Å². The SMILES string of the molecule is CCCN=C(C1=C(O)C(=O)c2ccccc2C1=O)c1ccccc1. The molecule has 1 aliphatic carbocycles. The summed E-state index contributed by atoms with van der Waals surface area (Å²) in [6.45, 7) is 2.48. The van der Waals surface area contributed by atoms with Gasteiger partial charge in [-0.15, -0.1) is 0 Å². The number of allylic oxidation sites excluding steroid dienone is 2. The minimum atomic E-state index is -0.541. The molecule has 0 saturated carbocycles. The van der Waals surface area contributed by atoms with Gasteiger partial charge in [0.15, 0.2) is 11.5 Å². The number of aliphatic imine (C=N–C) groups is 1. The van der Waals surface area contributed by atoms with Gasteiger partial charge in [-0.3, -0.25) is 14.6 Å². The smallest absolute Gasteiger partial charge is 0.228 e. The molecule has 0 fully saturated rings. The molecule has 0 aliphatic heterocycles. The molecule has 0 radical (unpaired) electrons. The van der Waals surface area contributed by atoms with Gasteiger partial charge in [0.25, 0.3) is 0 Å². The molecule has 0 spiro atoms. The number of nitrogens with zero attached hydrogens (tertiary/aromatic N) is 1. The highest BCUT2D eigenvalue weighted by atomic mass is 16.3. The molecule has 1 N–H and O–H groups in total. The van der Waals surface area contributed by atoms with Gasteiger partial charge in [-0.2, -0.15) is 0 Å². The van der Waals surface area contributed by atoms with E-state index in [1.165, 1.54) is 0 Å². The predicted molar refractivity (Wildman–Crippen MR) is 92.9 cm³/mol. The first-order chi connectivity index (χ1) is 11.6. The van der Waals surface area contributed by atoms with E-state index in [9.17, 15) is 14.7 Å². The summed E-state index contributed by atoms with van der Waals surface area (Å²) in [6, 6.07) is 15.7. The van der Waals surface area contributed by atoms with E-state index in [1.54, 1.807) is 24.3 Å². The lowest BCUT2D eigenvalue weighted by Crippen LogP contribution is -2.27. The van der Waals surface area contributed by atoms with E-state index in [2.05, 4.69) is 4.99 Å². The second-order valence-electron chi connectivity index (χ2n) is 5.52. The Morgan fingerprint density at radius 2 is 1.50 bits per heavy atom. The number of carbonyl (C=O) groups excluding carboxylic acids is 2. The third-order valence-electron chi connectivity index (χ3n) is 3.87. The van der Waals surface area contributed by atoms with Gasteiger partial charge in [0, 0.05) is 23.2 Å². The number of rotatable bonds is 4. The Balaban J connectivity index is 2.20.